The Morgan fingerprint density at radius 1 is 1.58 bits per heavy atom. The Kier molecular flexibility index (Phi) is 4.17. The van der Waals surface area contributed by atoms with Crippen molar-refractivity contribution in [3.8, 4) is 0 Å². The third-order valence-corrected chi connectivity index (χ3v) is 4.25. The van der Waals surface area contributed by atoms with E-state index in [2.05, 4.69) is 10.2 Å². The van der Waals surface area contributed by atoms with E-state index in [1.165, 1.54) is 0 Å². The van der Waals surface area contributed by atoms with Gasteiger partial charge in [0.05, 0.1) is 19.4 Å². The molecule has 0 radical (unpaired) electrons. The number of H-pyrrole nitrogens is 1. The minimum Gasteiger partial charge on any atom is -0.462 e. The SMILES string of the molecule is CCOC(=O)c1cn[nH]c1S(=O)(=O)N1CCCCO1. The predicted octanol–water partition coefficient (Wildman–Crippen LogP) is 0.302. The van der Waals surface area contributed by atoms with Crippen molar-refractivity contribution in [2.45, 2.75) is 24.8 Å². The highest BCUT2D eigenvalue weighted by atomic mass is 32.2. The molecule has 0 spiro atoms. The van der Waals surface area contributed by atoms with E-state index in [0.717, 1.165) is 17.1 Å². The lowest BCUT2D eigenvalue weighted by atomic mass is 10.3. The van der Waals surface area contributed by atoms with Gasteiger partial charge in [-0.3, -0.25) is 9.94 Å². The lowest BCUT2D eigenvalue weighted by Crippen LogP contribution is -2.36. The second kappa shape index (κ2) is 5.68. The summed E-state index contributed by atoms with van der Waals surface area (Å²) in [6, 6.07) is 0. The van der Waals surface area contributed by atoms with Gasteiger partial charge in [0.25, 0.3) is 10.0 Å². The average Bonchev–Trinajstić information content (AvgIpc) is 2.90. The van der Waals surface area contributed by atoms with Crippen molar-refractivity contribution in [3.63, 3.8) is 0 Å². The molecule has 1 fully saturated rings. The molecule has 0 unspecified atom stereocenters. The molecule has 0 aromatic carbocycles. The number of aromatic nitrogens is 2. The minimum atomic E-state index is -3.92. The molecule has 2 heterocycles. The Labute approximate surface area is 110 Å². The number of rotatable bonds is 4. The van der Waals surface area contributed by atoms with E-state index in [-0.39, 0.29) is 23.7 Å². The monoisotopic (exact) mass is 289 g/mol. The number of hydrogen-bond acceptors (Lipinski definition) is 6. The summed E-state index contributed by atoms with van der Waals surface area (Å²) >= 11 is 0. The van der Waals surface area contributed by atoms with Gasteiger partial charge in [-0.2, -0.15) is 5.10 Å². The third kappa shape index (κ3) is 2.77. The van der Waals surface area contributed by atoms with Gasteiger partial charge in [-0.05, 0) is 19.8 Å². The molecule has 106 valence electrons. The Morgan fingerprint density at radius 2 is 2.37 bits per heavy atom. The van der Waals surface area contributed by atoms with E-state index in [9.17, 15) is 13.2 Å². The zero-order valence-electron chi connectivity index (χ0n) is 10.5. The van der Waals surface area contributed by atoms with Crippen molar-refractivity contribution < 1.29 is 22.8 Å². The first-order valence-electron chi connectivity index (χ1n) is 5.93. The molecule has 1 aliphatic heterocycles. The maximum atomic E-state index is 12.3. The number of hydroxylamine groups is 1. The van der Waals surface area contributed by atoms with Crippen LogP contribution in [0.1, 0.15) is 30.1 Å². The Bertz CT molecular complexity index is 547. The number of esters is 1. The molecular weight excluding hydrogens is 274 g/mol. The van der Waals surface area contributed by atoms with E-state index in [0.29, 0.717) is 13.0 Å². The summed E-state index contributed by atoms with van der Waals surface area (Å²) in [6.45, 7) is 2.38. The van der Waals surface area contributed by atoms with Gasteiger partial charge in [0.2, 0.25) is 0 Å². The van der Waals surface area contributed by atoms with Crippen LogP contribution in [-0.4, -0.2) is 48.8 Å². The minimum absolute atomic E-state index is 0.115. The predicted molar refractivity (Wildman–Crippen MR) is 63.6 cm³/mol. The standard InChI is InChI=1S/C10H15N3O5S/c1-2-17-10(14)8-7-11-12-9(8)19(15,16)13-5-3-4-6-18-13/h7H,2-6H2,1H3,(H,11,12). The second-order valence-electron chi connectivity index (χ2n) is 3.91. The smallest absolute Gasteiger partial charge is 0.342 e. The molecule has 1 aromatic rings. The van der Waals surface area contributed by atoms with Crippen molar-refractivity contribution in [1.29, 1.82) is 0 Å². The fourth-order valence-electron chi connectivity index (χ4n) is 1.69. The van der Waals surface area contributed by atoms with Crippen LogP contribution >= 0.6 is 0 Å². The first-order valence-corrected chi connectivity index (χ1v) is 7.37. The topological polar surface area (TPSA) is 102 Å². The molecule has 0 bridgehead atoms. The van der Waals surface area contributed by atoms with E-state index in [4.69, 9.17) is 9.57 Å². The summed E-state index contributed by atoms with van der Waals surface area (Å²) in [5.41, 5.74) is -0.115. The molecule has 1 N–H and O–H groups in total. The quantitative estimate of drug-likeness (QED) is 0.800. The van der Waals surface area contributed by atoms with Crippen LogP contribution in [0.25, 0.3) is 0 Å². The highest BCUT2D eigenvalue weighted by molar-refractivity contribution is 7.89. The van der Waals surface area contributed by atoms with Crippen molar-refractivity contribution in [1.82, 2.24) is 14.7 Å². The van der Waals surface area contributed by atoms with E-state index >= 15 is 0 Å². The summed E-state index contributed by atoms with van der Waals surface area (Å²) in [7, 11) is -3.92. The highest BCUT2D eigenvalue weighted by Crippen LogP contribution is 2.21. The zero-order valence-corrected chi connectivity index (χ0v) is 11.3. The van der Waals surface area contributed by atoms with Crippen LogP contribution in [0, 0.1) is 0 Å². The van der Waals surface area contributed by atoms with Gasteiger partial charge in [0.15, 0.2) is 5.03 Å². The maximum Gasteiger partial charge on any atom is 0.342 e. The van der Waals surface area contributed by atoms with Crippen molar-refractivity contribution in [2.75, 3.05) is 19.8 Å². The number of aromatic amines is 1. The molecule has 1 aromatic heterocycles. The van der Waals surface area contributed by atoms with Gasteiger partial charge in [0.1, 0.15) is 5.56 Å². The number of sulfonamides is 1. The molecular formula is C10H15N3O5S. The maximum absolute atomic E-state index is 12.3. The fourth-order valence-corrected chi connectivity index (χ4v) is 3.06. The average molecular weight is 289 g/mol. The van der Waals surface area contributed by atoms with Crippen LogP contribution in [0.15, 0.2) is 11.2 Å². The molecule has 1 aliphatic rings. The molecule has 2 rings (SSSR count). The third-order valence-electron chi connectivity index (χ3n) is 2.60. The van der Waals surface area contributed by atoms with Crippen LogP contribution in [0.5, 0.6) is 0 Å². The van der Waals surface area contributed by atoms with Crippen LogP contribution in [0.3, 0.4) is 0 Å². The fraction of sp³-hybridized carbons (Fsp3) is 0.600. The number of hydrogen-bond donors (Lipinski definition) is 1. The van der Waals surface area contributed by atoms with E-state index in [1.807, 2.05) is 0 Å². The van der Waals surface area contributed by atoms with Crippen molar-refractivity contribution in [3.05, 3.63) is 11.8 Å². The van der Waals surface area contributed by atoms with Gasteiger partial charge in [-0.1, -0.05) is 4.47 Å². The number of carbonyl (C=O) groups is 1. The summed E-state index contributed by atoms with van der Waals surface area (Å²) in [4.78, 5) is 16.8. The van der Waals surface area contributed by atoms with Crippen molar-refractivity contribution >= 4 is 16.0 Å². The van der Waals surface area contributed by atoms with Crippen LogP contribution in [-0.2, 0) is 19.6 Å². The zero-order chi connectivity index (χ0) is 13.9. The molecule has 8 nitrogen and oxygen atoms in total. The largest absolute Gasteiger partial charge is 0.462 e. The number of ether oxygens (including phenoxy) is 1. The van der Waals surface area contributed by atoms with Crippen molar-refractivity contribution in [2.24, 2.45) is 0 Å². The molecule has 0 aliphatic carbocycles. The first-order chi connectivity index (χ1) is 9.07. The van der Waals surface area contributed by atoms with E-state index < -0.39 is 16.0 Å². The van der Waals surface area contributed by atoms with Gasteiger partial charge in [-0.25, -0.2) is 13.2 Å². The molecule has 1 saturated heterocycles. The van der Waals surface area contributed by atoms with E-state index in [1.54, 1.807) is 6.92 Å². The second-order valence-corrected chi connectivity index (χ2v) is 5.67. The van der Waals surface area contributed by atoms with Gasteiger partial charge >= 0.3 is 5.97 Å². The lowest BCUT2D eigenvalue weighted by molar-refractivity contribution is -0.109. The first kappa shape index (κ1) is 14.0. The van der Waals surface area contributed by atoms with Crippen LogP contribution in [0.2, 0.25) is 0 Å². The summed E-state index contributed by atoms with van der Waals surface area (Å²) in [5.74, 6) is -0.730. The molecule has 9 heteroatoms. The molecule has 0 saturated carbocycles. The molecule has 19 heavy (non-hydrogen) atoms. The number of nitrogens with one attached hydrogen (secondary N) is 1. The molecule has 0 amide bonds. The highest BCUT2D eigenvalue weighted by Gasteiger charge is 2.33. The van der Waals surface area contributed by atoms with Crippen LogP contribution < -0.4 is 0 Å². The Morgan fingerprint density at radius 3 is 3.00 bits per heavy atom. The normalized spacial score (nSPS) is 17.3. The number of carbonyl (C=O) groups excluding carboxylic acids is 1. The van der Waals surface area contributed by atoms with Gasteiger partial charge in [-0.15, -0.1) is 0 Å². The Hall–Kier alpha value is -1.45. The van der Waals surface area contributed by atoms with Gasteiger partial charge in [0, 0.05) is 6.54 Å². The number of nitrogens with zero attached hydrogens (tertiary/aromatic N) is 2. The molecule has 0 atom stereocenters. The summed E-state index contributed by atoms with van der Waals surface area (Å²) in [5, 5.41) is 5.62. The van der Waals surface area contributed by atoms with Gasteiger partial charge < -0.3 is 4.74 Å². The Balaban J connectivity index is 2.30. The summed E-state index contributed by atoms with van der Waals surface area (Å²) < 4.78 is 30.3. The summed E-state index contributed by atoms with van der Waals surface area (Å²) in [6.07, 6.45) is 2.65. The lowest BCUT2D eigenvalue weighted by Gasteiger charge is -2.24. The van der Waals surface area contributed by atoms with Crippen LogP contribution in [0.4, 0.5) is 0 Å².